The van der Waals surface area contributed by atoms with Gasteiger partial charge in [-0.15, -0.1) is 0 Å². The molecule has 5 heteroatoms. The molecule has 0 saturated carbocycles. The van der Waals surface area contributed by atoms with E-state index in [0.29, 0.717) is 24.3 Å². The molecule has 0 radical (unpaired) electrons. The zero-order chi connectivity index (χ0) is 13.7. The molecule has 0 bridgehead atoms. The number of nitriles is 1. The minimum Gasteiger partial charge on any atom is -0.367 e. The van der Waals surface area contributed by atoms with Gasteiger partial charge >= 0.3 is 0 Å². The largest absolute Gasteiger partial charge is 0.367 e. The van der Waals surface area contributed by atoms with E-state index in [2.05, 4.69) is 6.58 Å². The van der Waals surface area contributed by atoms with E-state index in [1.165, 1.54) is 12.1 Å². The predicted octanol–water partition coefficient (Wildman–Crippen LogP) is 2.87. The van der Waals surface area contributed by atoms with Crippen molar-refractivity contribution in [1.82, 2.24) is 0 Å². The average Bonchev–Trinajstić information content (AvgIpc) is 2.34. The molecule has 0 spiro atoms. The maximum Gasteiger partial charge on any atom is 0.270 e. The highest BCUT2D eigenvalue weighted by Gasteiger charge is 2.14. The Morgan fingerprint density at radius 3 is 2.72 bits per heavy atom. The molecule has 1 rings (SSSR count). The Morgan fingerprint density at radius 1 is 1.61 bits per heavy atom. The second-order valence-corrected chi connectivity index (χ2v) is 4.04. The average molecular weight is 245 g/mol. The molecular weight excluding hydrogens is 230 g/mol. The summed E-state index contributed by atoms with van der Waals surface area (Å²) in [7, 11) is 0. The van der Waals surface area contributed by atoms with Crippen molar-refractivity contribution in [3.63, 3.8) is 0 Å². The number of anilines is 1. The van der Waals surface area contributed by atoms with E-state index in [-0.39, 0.29) is 5.69 Å². The van der Waals surface area contributed by atoms with Gasteiger partial charge in [0.1, 0.15) is 6.07 Å². The van der Waals surface area contributed by atoms with E-state index < -0.39 is 4.92 Å². The number of benzene rings is 1. The van der Waals surface area contributed by atoms with Gasteiger partial charge in [-0.05, 0) is 19.9 Å². The first-order valence-corrected chi connectivity index (χ1v) is 5.57. The predicted molar refractivity (Wildman–Crippen MR) is 70.5 cm³/mol. The second-order valence-electron chi connectivity index (χ2n) is 4.04. The summed E-state index contributed by atoms with van der Waals surface area (Å²) in [4.78, 5) is 12.1. The number of non-ortho nitro benzene ring substituents is 1. The molecule has 0 unspecified atom stereocenters. The van der Waals surface area contributed by atoms with Crippen molar-refractivity contribution in [3.05, 3.63) is 46.0 Å². The van der Waals surface area contributed by atoms with Crippen molar-refractivity contribution < 1.29 is 4.92 Å². The lowest BCUT2D eigenvalue weighted by atomic mass is 10.1. The first-order chi connectivity index (χ1) is 8.49. The van der Waals surface area contributed by atoms with Crippen molar-refractivity contribution in [3.8, 4) is 6.07 Å². The van der Waals surface area contributed by atoms with Gasteiger partial charge < -0.3 is 4.90 Å². The Bertz CT molecular complexity index is 517. The van der Waals surface area contributed by atoms with E-state index in [9.17, 15) is 10.1 Å². The topological polar surface area (TPSA) is 70.2 Å². The third kappa shape index (κ3) is 3.08. The summed E-state index contributed by atoms with van der Waals surface area (Å²) in [6, 6.07) is 6.33. The quantitative estimate of drug-likeness (QED) is 0.454. The molecule has 18 heavy (non-hydrogen) atoms. The zero-order valence-electron chi connectivity index (χ0n) is 10.5. The van der Waals surface area contributed by atoms with Gasteiger partial charge in [-0.1, -0.05) is 12.2 Å². The highest BCUT2D eigenvalue weighted by molar-refractivity contribution is 5.63. The van der Waals surface area contributed by atoms with Crippen molar-refractivity contribution in [1.29, 1.82) is 5.26 Å². The number of hydrogen-bond donors (Lipinski definition) is 0. The van der Waals surface area contributed by atoms with Gasteiger partial charge in [-0.3, -0.25) is 10.1 Å². The highest BCUT2D eigenvalue weighted by atomic mass is 16.6. The van der Waals surface area contributed by atoms with E-state index >= 15 is 0 Å². The second kappa shape index (κ2) is 5.82. The molecule has 0 atom stereocenters. The summed E-state index contributed by atoms with van der Waals surface area (Å²) >= 11 is 0. The Balaban J connectivity index is 3.19. The molecule has 0 fully saturated rings. The minimum absolute atomic E-state index is 0.0679. The molecule has 0 N–H and O–H groups in total. The van der Waals surface area contributed by atoms with Crippen LogP contribution in [0.3, 0.4) is 0 Å². The normalized spacial score (nSPS) is 9.61. The first kappa shape index (κ1) is 13.7. The first-order valence-electron chi connectivity index (χ1n) is 5.57. The zero-order valence-corrected chi connectivity index (χ0v) is 10.5. The van der Waals surface area contributed by atoms with Crippen LogP contribution in [0.5, 0.6) is 0 Å². The maximum atomic E-state index is 10.7. The Hall–Kier alpha value is -2.35. The van der Waals surface area contributed by atoms with Crippen LogP contribution in [0.15, 0.2) is 30.4 Å². The van der Waals surface area contributed by atoms with Crippen LogP contribution >= 0.6 is 0 Å². The number of hydrogen-bond acceptors (Lipinski definition) is 4. The number of nitrogens with zero attached hydrogens (tertiary/aromatic N) is 3. The number of rotatable bonds is 5. The monoisotopic (exact) mass is 245 g/mol. The Labute approximate surface area is 106 Å². The van der Waals surface area contributed by atoms with Crippen LogP contribution < -0.4 is 4.90 Å². The molecule has 0 aliphatic heterocycles. The van der Waals surface area contributed by atoms with Gasteiger partial charge in [0.15, 0.2) is 0 Å². The molecule has 0 amide bonds. The number of likely N-dealkylation sites (N-methyl/N-ethyl adjacent to an activating group) is 1. The van der Waals surface area contributed by atoms with Gasteiger partial charge in [-0.25, -0.2) is 0 Å². The Kier molecular flexibility index (Phi) is 4.44. The van der Waals surface area contributed by atoms with E-state index in [0.717, 1.165) is 5.57 Å². The summed E-state index contributed by atoms with van der Waals surface area (Å²) in [5.74, 6) is 0. The van der Waals surface area contributed by atoms with E-state index in [1.807, 2.05) is 24.8 Å². The fraction of sp³-hybridized carbons (Fsp3) is 0.308. The summed E-state index contributed by atoms with van der Waals surface area (Å²) < 4.78 is 0. The molecule has 5 nitrogen and oxygen atoms in total. The molecular formula is C13H15N3O2. The van der Waals surface area contributed by atoms with Crippen LogP contribution in [0.2, 0.25) is 0 Å². The fourth-order valence-corrected chi connectivity index (χ4v) is 1.70. The van der Waals surface area contributed by atoms with Crippen LogP contribution in [0.1, 0.15) is 19.4 Å². The minimum atomic E-state index is -0.500. The van der Waals surface area contributed by atoms with Gasteiger partial charge in [-0.2, -0.15) is 5.26 Å². The third-order valence-corrected chi connectivity index (χ3v) is 2.49. The van der Waals surface area contributed by atoms with Gasteiger partial charge in [0.05, 0.1) is 16.2 Å². The molecule has 0 saturated heterocycles. The molecule has 94 valence electrons. The van der Waals surface area contributed by atoms with Gasteiger partial charge in [0.25, 0.3) is 5.69 Å². The van der Waals surface area contributed by atoms with Crippen LogP contribution in [0, 0.1) is 21.4 Å². The van der Waals surface area contributed by atoms with Crippen LogP contribution in [-0.2, 0) is 0 Å². The third-order valence-electron chi connectivity index (χ3n) is 2.49. The molecule has 0 aromatic heterocycles. The van der Waals surface area contributed by atoms with Crippen LogP contribution in [0.4, 0.5) is 11.4 Å². The SMILES string of the molecule is C=C(C)CN(CC)c1ccc([N+](=O)[O-])cc1C#N. The summed E-state index contributed by atoms with van der Waals surface area (Å²) in [6.45, 7) is 9.04. The lowest BCUT2D eigenvalue weighted by Crippen LogP contribution is -2.25. The van der Waals surface area contributed by atoms with Crippen LogP contribution in [0.25, 0.3) is 0 Å². The summed E-state index contributed by atoms with van der Waals surface area (Å²) in [5.41, 5.74) is 1.92. The lowest BCUT2D eigenvalue weighted by molar-refractivity contribution is -0.384. The highest BCUT2D eigenvalue weighted by Crippen LogP contribution is 2.25. The lowest BCUT2D eigenvalue weighted by Gasteiger charge is -2.24. The number of nitro groups is 1. The molecule has 1 aromatic rings. The van der Waals surface area contributed by atoms with E-state index in [4.69, 9.17) is 5.26 Å². The van der Waals surface area contributed by atoms with Crippen molar-refractivity contribution in [2.75, 3.05) is 18.0 Å². The van der Waals surface area contributed by atoms with Crippen LogP contribution in [-0.4, -0.2) is 18.0 Å². The standard InChI is InChI=1S/C13H15N3O2/c1-4-15(9-10(2)3)13-6-5-12(16(17)18)7-11(13)8-14/h5-7H,2,4,9H2,1,3H3. The van der Waals surface area contributed by atoms with Crippen molar-refractivity contribution in [2.45, 2.75) is 13.8 Å². The molecule has 0 heterocycles. The van der Waals surface area contributed by atoms with E-state index in [1.54, 1.807) is 6.07 Å². The van der Waals surface area contributed by atoms with Gasteiger partial charge in [0, 0.05) is 25.2 Å². The Morgan fingerprint density at radius 2 is 2.28 bits per heavy atom. The maximum absolute atomic E-state index is 10.7. The molecule has 0 aliphatic rings. The smallest absolute Gasteiger partial charge is 0.270 e. The summed E-state index contributed by atoms with van der Waals surface area (Å²) in [5, 5.41) is 19.7. The van der Waals surface area contributed by atoms with Crippen molar-refractivity contribution in [2.24, 2.45) is 0 Å². The van der Waals surface area contributed by atoms with Crippen molar-refractivity contribution >= 4 is 11.4 Å². The van der Waals surface area contributed by atoms with Gasteiger partial charge in [0.2, 0.25) is 0 Å². The number of nitro benzene ring substituents is 1. The molecule has 0 aliphatic carbocycles. The fourth-order valence-electron chi connectivity index (χ4n) is 1.70. The molecule has 1 aromatic carbocycles. The summed E-state index contributed by atoms with van der Waals surface area (Å²) in [6.07, 6.45) is 0.